The van der Waals surface area contributed by atoms with Crippen LogP contribution in [0, 0.1) is 0 Å². The van der Waals surface area contributed by atoms with Crippen molar-refractivity contribution in [3.8, 4) is 17.2 Å². The Balaban J connectivity index is 1.73. The summed E-state index contributed by atoms with van der Waals surface area (Å²) in [6.45, 7) is 0.153. The lowest BCUT2D eigenvalue weighted by atomic mass is 10.2. The molecule has 0 saturated heterocycles. The van der Waals surface area contributed by atoms with Crippen LogP contribution < -0.4 is 20.1 Å². The molecule has 3 N–H and O–H groups in total. The van der Waals surface area contributed by atoms with Crippen molar-refractivity contribution in [1.82, 2.24) is 0 Å². The fraction of sp³-hybridized carbons (Fsp3) is 0.0714. The molecule has 3 rings (SSSR count). The zero-order chi connectivity index (χ0) is 15.7. The molecule has 0 atom stereocenters. The number of nitrogens with one attached hydrogen (secondary N) is 2. The molecule has 0 aromatic heterocycles. The van der Waals surface area contributed by atoms with Gasteiger partial charge in [-0.25, -0.2) is 4.79 Å². The number of aromatic hydroxyl groups is 1. The van der Waals surface area contributed by atoms with E-state index in [4.69, 9.17) is 32.7 Å². The highest BCUT2D eigenvalue weighted by Crippen LogP contribution is 2.36. The number of hydrogen-bond donors (Lipinski definition) is 3. The number of carbonyl (C=O) groups is 1. The summed E-state index contributed by atoms with van der Waals surface area (Å²) in [5, 5.41) is 15.2. The first-order valence-electron chi connectivity index (χ1n) is 6.18. The van der Waals surface area contributed by atoms with Gasteiger partial charge in [-0.05, 0) is 24.3 Å². The Morgan fingerprint density at radius 2 is 1.86 bits per heavy atom. The maximum atomic E-state index is 12.0. The monoisotopic (exact) mass is 340 g/mol. The van der Waals surface area contributed by atoms with E-state index >= 15 is 0 Å². The first-order valence-corrected chi connectivity index (χ1v) is 6.94. The lowest BCUT2D eigenvalue weighted by molar-refractivity contribution is 0.174. The molecule has 1 heterocycles. The third-order valence-corrected chi connectivity index (χ3v) is 3.41. The predicted molar refractivity (Wildman–Crippen MR) is 83.3 cm³/mol. The molecule has 0 bridgehead atoms. The molecule has 0 saturated carbocycles. The summed E-state index contributed by atoms with van der Waals surface area (Å²) in [7, 11) is 0. The number of phenolic OH excluding ortho intramolecular Hbond substituents is 1. The Morgan fingerprint density at radius 3 is 2.68 bits per heavy atom. The Hall–Kier alpha value is -2.31. The van der Waals surface area contributed by atoms with Crippen molar-refractivity contribution in [3.05, 3.63) is 40.4 Å². The second-order valence-electron chi connectivity index (χ2n) is 4.43. The quantitative estimate of drug-likeness (QED) is 0.720. The minimum absolute atomic E-state index is 0.0471. The fourth-order valence-electron chi connectivity index (χ4n) is 1.92. The number of carbonyl (C=O) groups excluding carboxylic acids is 1. The molecule has 6 nitrogen and oxygen atoms in total. The molecule has 2 amide bonds. The zero-order valence-corrected chi connectivity index (χ0v) is 12.5. The van der Waals surface area contributed by atoms with Crippen LogP contribution in [-0.2, 0) is 0 Å². The largest absolute Gasteiger partial charge is 0.504 e. The number of amides is 2. The second kappa shape index (κ2) is 5.82. The number of hydrogen-bond acceptors (Lipinski definition) is 4. The summed E-state index contributed by atoms with van der Waals surface area (Å²) in [5.41, 5.74) is 0.616. The normalized spacial score (nSPS) is 12.1. The highest BCUT2D eigenvalue weighted by atomic mass is 35.5. The maximum absolute atomic E-state index is 12.0. The zero-order valence-electron chi connectivity index (χ0n) is 11.0. The molecule has 0 fully saturated rings. The minimum Gasteiger partial charge on any atom is -0.504 e. The van der Waals surface area contributed by atoms with E-state index in [-0.39, 0.29) is 23.3 Å². The molecule has 1 aliphatic rings. The van der Waals surface area contributed by atoms with Gasteiger partial charge in [-0.3, -0.25) is 0 Å². The van der Waals surface area contributed by atoms with Crippen LogP contribution >= 0.6 is 23.2 Å². The van der Waals surface area contributed by atoms with Crippen LogP contribution in [-0.4, -0.2) is 17.9 Å². The number of phenols is 1. The third kappa shape index (κ3) is 2.98. The van der Waals surface area contributed by atoms with Crippen molar-refractivity contribution in [2.24, 2.45) is 0 Å². The number of fused-ring (bicyclic) bond motifs is 1. The number of benzene rings is 2. The Morgan fingerprint density at radius 1 is 1.09 bits per heavy atom. The van der Waals surface area contributed by atoms with Gasteiger partial charge in [-0.15, -0.1) is 0 Å². The summed E-state index contributed by atoms with van der Waals surface area (Å²) in [6.07, 6.45) is 0. The second-order valence-corrected chi connectivity index (χ2v) is 5.27. The molecule has 8 heteroatoms. The smallest absolute Gasteiger partial charge is 0.323 e. The van der Waals surface area contributed by atoms with E-state index in [0.717, 1.165) is 0 Å². The highest BCUT2D eigenvalue weighted by molar-refractivity contribution is 6.36. The van der Waals surface area contributed by atoms with Crippen molar-refractivity contribution in [2.45, 2.75) is 0 Å². The molecule has 0 unspecified atom stereocenters. The van der Waals surface area contributed by atoms with Gasteiger partial charge in [0.1, 0.15) is 0 Å². The molecule has 2 aromatic rings. The molecule has 0 radical (unpaired) electrons. The van der Waals surface area contributed by atoms with Crippen LogP contribution in [0.15, 0.2) is 30.3 Å². The fourth-order valence-corrected chi connectivity index (χ4v) is 2.41. The molecule has 114 valence electrons. The van der Waals surface area contributed by atoms with E-state index in [2.05, 4.69) is 10.6 Å². The van der Waals surface area contributed by atoms with Crippen LogP contribution in [0.4, 0.5) is 16.2 Å². The summed E-state index contributed by atoms with van der Waals surface area (Å²) in [5.74, 6) is 0.906. The Labute approximate surface area is 135 Å². The Kier molecular flexibility index (Phi) is 3.87. The van der Waals surface area contributed by atoms with Crippen LogP contribution in [0.5, 0.6) is 17.2 Å². The number of ether oxygens (including phenoxy) is 2. The number of urea groups is 1. The average molecular weight is 341 g/mol. The van der Waals surface area contributed by atoms with Gasteiger partial charge in [0.15, 0.2) is 17.2 Å². The molecular formula is C14H10Cl2N2O4. The molecule has 0 spiro atoms. The summed E-state index contributed by atoms with van der Waals surface area (Å²) in [4.78, 5) is 12.0. The van der Waals surface area contributed by atoms with E-state index in [9.17, 15) is 9.90 Å². The molecular weight excluding hydrogens is 331 g/mol. The van der Waals surface area contributed by atoms with Gasteiger partial charge in [0.2, 0.25) is 6.79 Å². The van der Waals surface area contributed by atoms with E-state index in [1.165, 1.54) is 12.1 Å². The van der Waals surface area contributed by atoms with Crippen LogP contribution in [0.1, 0.15) is 0 Å². The lowest BCUT2D eigenvalue weighted by Crippen LogP contribution is -2.19. The van der Waals surface area contributed by atoms with Crippen molar-refractivity contribution in [1.29, 1.82) is 0 Å². The van der Waals surface area contributed by atoms with Gasteiger partial charge in [0, 0.05) is 16.8 Å². The number of rotatable bonds is 2. The minimum atomic E-state index is -0.563. The summed E-state index contributed by atoms with van der Waals surface area (Å²) < 4.78 is 10.4. The van der Waals surface area contributed by atoms with Gasteiger partial charge in [0.05, 0.1) is 10.7 Å². The van der Waals surface area contributed by atoms with Crippen LogP contribution in [0.3, 0.4) is 0 Å². The maximum Gasteiger partial charge on any atom is 0.323 e. The first-order chi connectivity index (χ1) is 10.5. The lowest BCUT2D eigenvalue weighted by Gasteiger charge is -2.10. The van der Waals surface area contributed by atoms with Gasteiger partial charge in [-0.1, -0.05) is 23.2 Å². The van der Waals surface area contributed by atoms with Gasteiger partial charge in [-0.2, -0.15) is 0 Å². The first kappa shape index (κ1) is 14.6. The molecule has 22 heavy (non-hydrogen) atoms. The van der Waals surface area contributed by atoms with Crippen molar-refractivity contribution in [2.75, 3.05) is 17.4 Å². The van der Waals surface area contributed by atoms with E-state index < -0.39 is 6.03 Å². The molecule has 2 aromatic carbocycles. The third-order valence-electron chi connectivity index (χ3n) is 2.91. The SMILES string of the molecule is O=C(Nc1ccc2c(c1)OCO2)Nc1cc(Cl)cc(Cl)c1O. The topological polar surface area (TPSA) is 79.8 Å². The van der Waals surface area contributed by atoms with Crippen LogP contribution in [0.25, 0.3) is 0 Å². The van der Waals surface area contributed by atoms with Gasteiger partial charge < -0.3 is 25.2 Å². The summed E-state index contributed by atoms with van der Waals surface area (Å²) >= 11 is 11.6. The molecule has 0 aliphatic carbocycles. The van der Waals surface area contributed by atoms with Crippen molar-refractivity contribution < 1.29 is 19.4 Å². The van der Waals surface area contributed by atoms with E-state index in [1.54, 1.807) is 18.2 Å². The van der Waals surface area contributed by atoms with Crippen molar-refractivity contribution >= 4 is 40.6 Å². The standard InChI is InChI=1S/C14H10Cl2N2O4/c15-7-3-9(16)13(19)10(4-7)18-14(20)17-8-1-2-11-12(5-8)22-6-21-11/h1-5,19H,6H2,(H2,17,18,20). The van der Waals surface area contributed by atoms with E-state index in [0.29, 0.717) is 22.2 Å². The highest BCUT2D eigenvalue weighted by Gasteiger charge is 2.15. The predicted octanol–water partition coefficient (Wildman–Crippen LogP) is 4.07. The Bertz CT molecular complexity index is 752. The number of halogens is 2. The van der Waals surface area contributed by atoms with E-state index in [1.807, 2.05) is 0 Å². The average Bonchev–Trinajstić information content (AvgIpc) is 2.91. The number of anilines is 2. The van der Waals surface area contributed by atoms with Gasteiger partial charge >= 0.3 is 6.03 Å². The van der Waals surface area contributed by atoms with Crippen LogP contribution in [0.2, 0.25) is 10.0 Å². The van der Waals surface area contributed by atoms with Gasteiger partial charge in [0.25, 0.3) is 0 Å². The summed E-state index contributed by atoms with van der Waals surface area (Å²) in [6, 6.07) is 7.19. The molecule has 1 aliphatic heterocycles. The van der Waals surface area contributed by atoms with Crippen molar-refractivity contribution in [3.63, 3.8) is 0 Å².